The second kappa shape index (κ2) is 6.84. The Morgan fingerprint density at radius 3 is 2.36 bits per heavy atom. The predicted octanol–water partition coefficient (Wildman–Crippen LogP) is 4.26. The van der Waals surface area contributed by atoms with Crippen molar-refractivity contribution in [3.63, 3.8) is 0 Å². The van der Waals surface area contributed by atoms with E-state index < -0.39 is 0 Å². The zero-order valence-electron chi connectivity index (χ0n) is 13.1. The fourth-order valence-corrected chi connectivity index (χ4v) is 3.48. The lowest BCUT2D eigenvalue weighted by Crippen LogP contribution is -2.08. The van der Waals surface area contributed by atoms with Gasteiger partial charge in [-0.05, 0) is 23.8 Å². The van der Waals surface area contributed by atoms with E-state index in [4.69, 9.17) is 0 Å². The van der Waals surface area contributed by atoms with Gasteiger partial charge in [-0.25, -0.2) is 0 Å². The third-order valence-electron chi connectivity index (χ3n) is 3.73. The third-order valence-corrected chi connectivity index (χ3v) is 4.77. The first-order chi connectivity index (χ1) is 10.7. The van der Waals surface area contributed by atoms with Crippen LogP contribution in [0.1, 0.15) is 5.56 Å². The van der Waals surface area contributed by atoms with Gasteiger partial charge in [0.25, 0.3) is 0 Å². The number of rotatable bonds is 4. The Morgan fingerprint density at radius 2 is 1.68 bits per heavy atom. The first kappa shape index (κ1) is 14.9. The number of anilines is 1. The van der Waals surface area contributed by atoms with Crippen molar-refractivity contribution in [3.05, 3.63) is 66.2 Å². The summed E-state index contributed by atoms with van der Waals surface area (Å²) in [5, 5.41) is 1.32. The van der Waals surface area contributed by atoms with Crippen molar-refractivity contribution in [3.8, 4) is 0 Å². The Labute approximate surface area is 136 Å². The van der Waals surface area contributed by atoms with Crippen LogP contribution in [0, 0.1) is 0 Å². The van der Waals surface area contributed by atoms with Crippen molar-refractivity contribution in [2.24, 2.45) is 0 Å². The maximum absolute atomic E-state index is 2.38. The van der Waals surface area contributed by atoms with Gasteiger partial charge in [0.1, 0.15) is 0 Å². The maximum atomic E-state index is 2.38. The molecule has 1 aliphatic heterocycles. The summed E-state index contributed by atoms with van der Waals surface area (Å²) in [6.45, 7) is 1.08. The fourth-order valence-electron chi connectivity index (χ4n) is 2.48. The minimum Gasteiger partial charge on any atom is -0.378 e. The predicted molar refractivity (Wildman–Crippen MR) is 98.5 cm³/mol. The van der Waals surface area contributed by atoms with E-state index in [1.165, 1.54) is 22.0 Å². The van der Waals surface area contributed by atoms with E-state index in [-0.39, 0.29) is 0 Å². The van der Waals surface area contributed by atoms with E-state index in [1.54, 1.807) is 0 Å². The molecule has 3 rings (SSSR count). The van der Waals surface area contributed by atoms with Gasteiger partial charge in [-0.1, -0.05) is 42.1 Å². The smallest absolute Gasteiger partial charge is 0.240 e. The number of thioether (sulfide) groups is 1. The molecule has 0 N–H and O–H groups in total. The molecule has 1 heterocycles. The Bertz CT molecular complexity index is 685. The Hall–Kier alpha value is -2.00. The van der Waals surface area contributed by atoms with Gasteiger partial charge >= 0.3 is 0 Å². The minimum atomic E-state index is 1.08. The van der Waals surface area contributed by atoms with Crippen LogP contribution in [0.2, 0.25) is 0 Å². The van der Waals surface area contributed by atoms with Crippen molar-refractivity contribution in [1.82, 2.24) is 0 Å². The second-order valence-electron chi connectivity index (χ2n) is 5.49. The molecule has 1 aliphatic rings. The van der Waals surface area contributed by atoms with E-state index in [1.807, 2.05) is 11.8 Å². The summed E-state index contributed by atoms with van der Waals surface area (Å²) in [7, 11) is 4.13. The molecule has 0 amide bonds. The van der Waals surface area contributed by atoms with Crippen LogP contribution in [0.15, 0.2) is 60.7 Å². The Balaban J connectivity index is 1.81. The normalized spacial score (nSPS) is 14.8. The minimum absolute atomic E-state index is 1.08. The quantitative estimate of drug-likeness (QED) is 0.779. The molecule has 0 spiro atoms. The fraction of sp³-hybridized carbons (Fsp3) is 0.211. The van der Waals surface area contributed by atoms with Gasteiger partial charge in [-0.3, -0.25) is 0 Å². The molecular formula is C19H21N2S+. The van der Waals surface area contributed by atoms with E-state index in [2.05, 4.69) is 90.3 Å². The van der Waals surface area contributed by atoms with Crippen LogP contribution < -0.4 is 4.90 Å². The molecule has 0 saturated heterocycles. The standard InChI is InChI=1S/C19H21N2S/c1-20(2)17-11-8-16(9-12-17)10-13-19-21(14-15-22-19)18-6-4-3-5-7-18/h3-13H,14-15H2,1-2H3/q+1. The molecule has 22 heavy (non-hydrogen) atoms. The monoisotopic (exact) mass is 309 g/mol. The number of hydrogen-bond donors (Lipinski definition) is 0. The third kappa shape index (κ3) is 3.42. The molecule has 0 unspecified atom stereocenters. The number of nitrogens with zero attached hydrogens (tertiary/aromatic N) is 2. The maximum Gasteiger partial charge on any atom is 0.240 e. The zero-order chi connectivity index (χ0) is 15.4. The van der Waals surface area contributed by atoms with E-state index >= 15 is 0 Å². The molecule has 0 radical (unpaired) electrons. The molecule has 0 aromatic heterocycles. The summed E-state index contributed by atoms with van der Waals surface area (Å²) in [4.78, 5) is 2.12. The molecular weight excluding hydrogens is 288 g/mol. The van der Waals surface area contributed by atoms with Crippen LogP contribution in [-0.2, 0) is 0 Å². The van der Waals surface area contributed by atoms with Crippen molar-refractivity contribution in [1.29, 1.82) is 0 Å². The first-order valence-electron chi connectivity index (χ1n) is 7.52. The highest BCUT2D eigenvalue weighted by atomic mass is 32.2. The van der Waals surface area contributed by atoms with Crippen LogP contribution in [-0.4, -0.2) is 36.0 Å². The number of hydrogen-bond acceptors (Lipinski definition) is 2. The van der Waals surface area contributed by atoms with Crippen LogP contribution in [0.5, 0.6) is 0 Å². The lowest BCUT2D eigenvalue weighted by Gasteiger charge is -2.11. The van der Waals surface area contributed by atoms with Gasteiger partial charge in [0.2, 0.25) is 10.7 Å². The van der Waals surface area contributed by atoms with Gasteiger partial charge in [0, 0.05) is 38.0 Å². The topological polar surface area (TPSA) is 6.25 Å². The molecule has 2 aromatic rings. The molecule has 2 aromatic carbocycles. The SMILES string of the molecule is CN(C)c1ccc(C=CC2=[N+](c3ccccc3)CCS2)cc1. The van der Waals surface area contributed by atoms with Gasteiger partial charge in [0.05, 0.1) is 5.75 Å². The number of para-hydroxylation sites is 1. The van der Waals surface area contributed by atoms with Crippen LogP contribution in [0.25, 0.3) is 6.08 Å². The molecule has 2 nitrogen and oxygen atoms in total. The highest BCUT2D eigenvalue weighted by molar-refractivity contribution is 8.14. The second-order valence-corrected chi connectivity index (χ2v) is 6.61. The van der Waals surface area contributed by atoms with E-state index in [0.29, 0.717) is 0 Å². The molecule has 0 aliphatic carbocycles. The van der Waals surface area contributed by atoms with E-state index in [0.717, 1.165) is 12.3 Å². The Morgan fingerprint density at radius 1 is 0.955 bits per heavy atom. The Kier molecular flexibility index (Phi) is 4.64. The van der Waals surface area contributed by atoms with Crippen LogP contribution in [0.3, 0.4) is 0 Å². The molecule has 0 fully saturated rings. The zero-order valence-corrected chi connectivity index (χ0v) is 13.9. The highest BCUT2D eigenvalue weighted by Gasteiger charge is 2.22. The molecule has 0 bridgehead atoms. The molecule has 0 saturated carbocycles. The lowest BCUT2D eigenvalue weighted by molar-refractivity contribution is -0.427. The van der Waals surface area contributed by atoms with Crippen molar-refractivity contribution < 1.29 is 4.58 Å². The first-order valence-corrected chi connectivity index (χ1v) is 8.50. The van der Waals surface area contributed by atoms with Gasteiger partial charge in [-0.2, -0.15) is 4.58 Å². The molecule has 0 atom stereocenters. The molecule has 112 valence electrons. The summed E-state index contributed by atoms with van der Waals surface area (Å²) in [6, 6.07) is 19.2. The van der Waals surface area contributed by atoms with Gasteiger partial charge in [0.15, 0.2) is 6.54 Å². The average molecular weight is 309 g/mol. The van der Waals surface area contributed by atoms with E-state index in [9.17, 15) is 0 Å². The summed E-state index contributed by atoms with van der Waals surface area (Å²) >= 11 is 1.92. The van der Waals surface area contributed by atoms with Crippen LogP contribution in [0.4, 0.5) is 11.4 Å². The van der Waals surface area contributed by atoms with Crippen molar-refractivity contribution in [2.45, 2.75) is 0 Å². The van der Waals surface area contributed by atoms with Crippen LogP contribution >= 0.6 is 11.8 Å². The van der Waals surface area contributed by atoms with Crippen molar-refractivity contribution >= 4 is 34.3 Å². The largest absolute Gasteiger partial charge is 0.378 e. The highest BCUT2D eigenvalue weighted by Crippen LogP contribution is 2.22. The van der Waals surface area contributed by atoms with Gasteiger partial charge < -0.3 is 4.90 Å². The summed E-state index contributed by atoms with van der Waals surface area (Å²) in [6.07, 6.45) is 4.43. The average Bonchev–Trinajstić information content (AvgIpc) is 3.02. The summed E-state index contributed by atoms with van der Waals surface area (Å²) < 4.78 is 2.38. The van der Waals surface area contributed by atoms with Crippen molar-refractivity contribution in [2.75, 3.05) is 31.3 Å². The van der Waals surface area contributed by atoms with Gasteiger partial charge in [-0.15, -0.1) is 0 Å². The lowest BCUT2D eigenvalue weighted by atomic mass is 10.2. The molecule has 3 heteroatoms. The summed E-state index contributed by atoms with van der Waals surface area (Å²) in [5.74, 6) is 1.15. The number of benzene rings is 2. The summed E-state index contributed by atoms with van der Waals surface area (Å²) in [5.41, 5.74) is 3.74.